The number of hydrogen-bond acceptors (Lipinski definition) is 12. The number of anilines is 1. The summed E-state index contributed by atoms with van der Waals surface area (Å²) in [4.78, 5) is 60.8. The Balaban J connectivity index is 1.14. The molecule has 14 nitrogen and oxygen atoms in total. The van der Waals surface area contributed by atoms with Gasteiger partial charge in [0, 0.05) is 49.7 Å². The number of phenols is 2. The molecular weight excluding hydrogens is 594 g/mol. The lowest BCUT2D eigenvalue weighted by Gasteiger charge is -2.35. The molecule has 3 aromatic rings. The predicted molar refractivity (Wildman–Crippen MR) is 163 cm³/mol. The number of hydrogen-bond donors (Lipinski definition) is 3. The molecule has 0 spiro atoms. The molecule has 2 aromatic heterocycles. The summed E-state index contributed by atoms with van der Waals surface area (Å²) in [5, 5.41) is 32.8. The molecule has 1 unspecified atom stereocenters. The number of fused-ring (bicyclic) bond motifs is 3. The average Bonchev–Trinajstić information content (AvgIpc) is 3.61. The summed E-state index contributed by atoms with van der Waals surface area (Å²) >= 11 is 0. The van der Waals surface area contributed by atoms with Crippen LogP contribution in [0.25, 0.3) is 0 Å². The zero-order valence-electron chi connectivity index (χ0n) is 25.8. The van der Waals surface area contributed by atoms with E-state index in [0.717, 1.165) is 11.9 Å². The number of allylic oxidation sites excluding steroid dienone is 4. The lowest BCUT2D eigenvalue weighted by atomic mass is 9.70. The van der Waals surface area contributed by atoms with Gasteiger partial charge in [-0.3, -0.25) is 19.2 Å². The Morgan fingerprint density at radius 3 is 2.50 bits per heavy atom. The van der Waals surface area contributed by atoms with Crippen molar-refractivity contribution in [1.82, 2.24) is 30.2 Å². The quantitative estimate of drug-likeness (QED) is 0.196. The van der Waals surface area contributed by atoms with Gasteiger partial charge in [-0.2, -0.15) is 0 Å². The second-order valence-corrected chi connectivity index (χ2v) is 11.7. The molecular formula is C32H33N7O7. The molecule has 3 N–H and O–H groups in total. The number of pyridine rings is 1. The van der Waals surface area contributed by atoms with Crippen LogP contribution in [0.3, 0.4) is 0 Å². The van der Waals surface area contributed by atoms with E-state index in [2.05, 4.69) is 25.5 Å². The minimum atomic E-state index is -1.61. The summed E-state index contributed by atoms with van der Waals surface area (Å²) in [6.45, 7) is 8.34. The van der Waals surface area contributed by atoms with Gasteiger partial charge in [0.25, 0.3) is 0 Å². The number of nitrogens with zero attached hydrogens (tertiary/aromatic N) is 6. The van der Waals surface area contributed by atoms with E-state index in [0.29, 0.717) is 31.9 Å². The molecule has 1 saturated heterocycles. The fourth-order valence-electron chi connectivity index (χ4n) is 6.14. The highest BCUT2D eigenvalue weighted by Crippen LogP contribution is 2.57. The summed E-state index contributed by atoms with van der Waals surface area (Å²) in [6.07, 6.45) is 4.53. The topological polar surface area (TPSA) is 180 Å². The van der Waals surface area contributed by atoms with Gasteiger partial charge in [-0.15, -0.1) is 5.10 Å². The van der Waals surface area contributed by atoms with Crippen molar-refractivity contribution in [3.05, 3.63) is 76.1 Å². The van der Waals surface area contributed by atoms with E-state index in [-0.39, 0.29) is 58.5 Å². The molecule has 46 heavy (non-hydrogen) atoms. The number of amides is 1. The number of Topliss-reactive ketones (excluding diaryl/α,β-unsaturated/α-hetero) is 2. The Morgan fingerprint density at radius 1 is 1.09 bits per heavy atom. The Labute approximate surface area is 264 Å². The van der Waals surface area contributed by atoms with Gasteiger partial charge < -0.3 is 30.1 Å². The molecule has 14 heteroatoms. The average molecular weight is 628 g/mol. The predicted octanol–water partition coefficient (Wildman–Crippen LogP) is 1.69. The van der Waals surface area contributed by atoms with E-state index < -0.39 is 34.3 Å². The van der Waals surface area contributed by atoms with Crippen LogP contribution in [0.5, 0.6) is 17.2 Å². The molecule has 4 heterocycles. The molecule has 1 atom stereocenters. The number of ether oxygens (including phenoxy) is 1. The third-order valence-corrected chi connectivity index (χ3v) is 8.78. The van der Waals surface area contributed by atoms with Gasteiger partial charge in [0.05, 0.1) is 23.9 Å². The lowest BCUT2D eigenvalue weighted by molar-refractivity contribution is -0.132. The second-order valence-electron chi connectivity index (χ2n) is 11.7. The highest BCUT2D eigenvalue weighted by Gasteiger charge is 2.56. The Morgan fingerprint density at radius 2 is 1.83 bits per heavy atom. The monoisotopic (exact) mass is 627 g/mol. The summed E-state index contributed by atoms with van der Waals surface area (Å²) in [6, 6.07) is 5.74. The summed E-state index contributed by atoms with van der Waals surface area (Å²) < 4.78 is 7.25. The van der Waals surface area contributed by atoms with Crippen LogP contribution in [-0.2, 0) is 32.9 Å². The van der Waals surface area contributed by atoms with Crippen LogP contribution < -0.4 is 15.0 Å². The zero-order valence-corrected chi connectivity index (χ0v) is 25.8. The van der Waals surface area contributed by atoms with Crippen molar-refractivity contribution in [3.63, 3.8) is 0 Å². The molecule has 2 aliphatic heterocycles. The van der Waals surface area contributed by atoms with E-state index in [1.165, 1.54) is 25.5 Å². The first kappa shape index (κ1) is 30.5. The van der Waals surface area contributed by atoms with Gasteiger partial charge >= 0.3 is 0 Å². The number of piperazine rings is 1. The highest BCUT2D eigenvalue weighted by atomic mass is 16.5. The fraction of sp³-hybridized carbons (Fsp3) is 0.344. The molecule has 0 saturated carbocycles. The summed E-state index contributed by atoms with van der Waals surface area (Å²) in [5.41, 5.74) is -1.14. The van der Waals surface area contributed by atoms with Crippen LogP contribution in [0, 0.1) is 6.92 Å². The molecule has 1 fully saturated rings. The maximum absolute atomic E-state index is 14.0. The minimum absolute atomic E-state index is 0.0136. The van der Waals surface area contributed by atoms with Crippen LogP contribution in [0.2, 0.25) is 0 Å². The van der Waals surface area contributed by atoms with Crippen molar-refractivity contribution in [2.45, 2.75) is 46.2 Å². The zero-order chi connectivity index (χ0) is 32.9. The number of aromatic nitrogens is 4. The van der Waals surface area contributed by atoms with Gasteiger partial charge in [-0.05, 0) is 39.8 Å². The van der Waals surface area contributed by atoms with Crippen molar-refractivity contribution < 1.29 is 34.1 Å². The highest BCUT2D eigenvalue weighted by molar-refractivity contribution is 6.31. The molecule has 0 bridgehead atoms. The molecule has 238 valence electrons. The van der Waals surface area contributed by atoms with Crippen molar-refractivity contribution in [2.75, 3.05) is 31.1 Å². The molecule has 3 aliphatic rings. The van der Waals surface area contributed by atoms with Gasteiger partial charge in [0.15, 0.2) is 17.3 Å². The van der Waals surface area contributed by atoms with Gasteiger partial charge in [0.2, 0.25) is 5.91 Å². The summed E-state index contributed by atoms with van der Waals surface area (Å²) in [5.74, 6) is -2.00. The molecule has 1 aliphatic carbocycles. The van der Waals surface area contributed by atoms with Crippen molar-refractivity contribution in [3.8, 4) is 17.2 Å². The van der Waals surface area contributed by atoms with Crippen LogP contribution in [0.4, 0.5) is 5.82 Å². The first-order valence-electron chi connectivity index (χ1n) is 14.8. The minimum Gasteiger partial charge on any atom is -0.507 e. The normalized spacial score (nSPS) is 20.1. The third kappa shape index (κ3) is 4.95. The third-order valence-electron chi connectivity index (χ3n) is 8.78. The number of ketones is 3. The van der Waals surface area contributed by atoms with Crippen LogP contribution in [0.15, 0.2) is 53.7 Å². The lowest BCUT2D eigenvalue weighted by Crippen LogP contribution is -2.49. The van der Waals surface area contributed by atoms with Gasteiger partial charge in [-0.1, -0.05) is 11.3 Å². The first-order valence-corrected chi connectivity index (χ1v) is 14.8. The maximum Gasteiger partial charge on any atom is 0.244 e. The van der Waals surface area contributed by atoms with Crippen molar-refractivity contribution in [1.29, 1.82) is 0 Å². The van der Waals surface area contributed by atoms with E-state index in [9.17, 15) is 29.4 Å². The number of phenolic OH excluding ortho intramolecular Hbond substituents is 2. The number of nitrogens with one attached hydrogen (secondary N) is 1. The number of rotatable bonds is 7. The standard InChI is InChI=1S/C32H33N7O7/c1-17-28(43)26(19(3)40)30-27(29(17)44)32(4)22(46-30)13-21(41)25(31(32)45)18(2)34-14-20-15-39(36-35-20)16-24(42)38-11-9-37(10-12-38)23-7-5-6-8-33-23/h5-8,13,15,34,43-44H,9-12,14,16H2,1-4H3/b25-18+. The van der Waals surface area contributed by atoms with Gasteiger partial charge in [0.1, 0.15) is 52.0 Å². The SMILES string of the molecule is CC(=O)c1c(O)c(C)c(O)c2c1OC1=CC(=O)/C(=C(/C)NCc3cn(CC(=O)N4CCN(c5ccccn5)CC4)nn3)C(=O)C12C. The number of carbonyl (C=O) groups is 4. The van der Waals surface area contributed by atoms with E-state index in [1.807, 2.05) is 18.2 Å². The van der Waals surface area contributed by atoms with E-state index in [4.69, 9.17) is 4.74 Å². The Hall–Kier alpha value is -5.53. The molecule has 0 radical (unpaired) electrons. The van der Waals surface area contributed by atoms with E-state index in [1.54, 1.807) is 24.2 Å². The number of aromatic hydroxyl groups is 2. The second kappa shape index (κ2) is 11.4. The molecule has 1 aromatic carbocycles. The summed E-state index contributed by atoms with van der Waals surface area (Å²) in [7, 11) is 0. The first-order chi connectivity index (χ1) is 21.9. The number of benzene rings is 1. The number of carbonyl (C=O) groups excluding carboxylic acids is 4. The van der Waals surface area contributed by atoms with E-state index >= 15 is 0 Å². The Bertz CT molecular complexity index is 1860. The van der Waals surface area contributed by atoms with Crippen molar-refractivity contribution in [2.24, 2.45) is 0 Å². The smallest absolute Gasteiger partial charge is 0.244 e. The van der Waals surface area contributed by atoms with Gasteiger partial charge in [-0.25, -0.2) is 9.67 Å². The molecule has 6 rings (SSSR count). The fourth-order valence-corrected chi connectivity index (χ4v) is 6.14. The Kier molecular flexibility index (Phi) is 7.58. The maximum atomic E-state index is 14.0. The van der Waals surface area contributed by atoms with Crippen LogP contribution in [0.1, 0.15) is 48.0 Å². The van der Waals surface area contributed by atoms with Crippen molar-refractivity contribution >= 4 is 29.1 Å². The largest absolute Gasteiger partial charge is 0.507 e. The van der Waals surface area contributed by atoms with Crippen LogP contribution >= 0.6 is 0 Å². The molecule has 1 amide bonds. The van der Waals surface area contributed by atoms with Crippen LogP contribution in [-0.4, -0.2) is 84.5 Å².